The molecule has 0 bridgehead atoms. The summed E-state index contributed by atoms with van der Waals surface area (Å²) in [6.07, 6.45) is 0. The van der Waals surface area contributed by atoms with Crippen LogP contribution in [0.1, 0.15) is 0 Å². The van der Waals surface area contributed by atoms with Crippen LogP contribution >= 0.6 is 11.3 Å². The fourth-order valence-corrected chi connectivity index (χ4v) is 9.48. The van der Waals surface area contributed by atoms with Gasteiger partial charge in [-0.3, -0.25) is 0 Å². The molecule has 0 saturated heterocycles. The normalized spacial score (nSPS) is 11.6. The molecule has 0 aliphatic rings. The van der Waals surface area contributed by atoms with E-state index < -0.39 is 0 Å². The van der Waals surface area contributed by atoms with Crippen LogP contribution in [-0.4, -0.2) is 0 Å². The summed E-state index contributed by atoms with van der Waals surface area (Å²) in [4.78, 5) is 4.76. The van der Waals surface area contributed by atoms with Crippen LogP contribution in [-0.2, 0) is 0 Å². The van der Waals surface area contributed by atoms with E-state index in [9.17, 15) is 0 Å². The Morgan fingerprint density at radius 2 is 0.839 bits per heavy atom. The van der Waals surface area contributed by atoms with Gasteiger partial charge in [-0.25, -0.2) is 0 Å². The molecule has 264 valence electrons. The van der Waals surface area contributed by atoms with Crippen LogP contribution in [0.3, 0.4) is 0 Å². The van der Waals surface area contributed by atoms with Crippen molar-refractivity contribution in [2.45, 2.75) is 0 Å². The van der Waals surface area contributed by atoms with Crippen molar-refractivity contribution in [1.82, 2.24) is 0 Å². The number of anilines is 6. The Morgan fingerprint density at radius 3 is 1.54 bits per heavy atom. The third kappa shape index (κ3) is 5.42. The quantitative estimate of drug-likeness (QED) is 0.163. The smallest absolute Gasteiger partial charge is 0.137 e. The zero-order valence-electron chi connectivity index (χ0n) is 30.3. The summed E-state index contributed by atoms with van der Waals surface area (Å²) < 4.78 is 8.92. The van der Waals surface area contributed by atoms with E-state index in [1.54, 1.807) is 0 Å². The minimum Gasteiger partial charge on any atom is -0.456 e. The predicted octanol–water partition coefficient (Wildman–Crippen LogP) is 15.7. The predicted molar refractivity (Wildman–Crippen MR) is 239 cm³/mol. The molecule has 9 aromatic carbocycles. The van der Waals surface area contributed by atoms with Crippen LogP contribution < -0.4 is 9.80 Å². The molecule has 0 radical (unpaired) electrons. The van der Waals surface area contributed by atoms with Gasteiger partial charge in [0.05, 0.1) is 20.8 Å². The Labute approximate surface area is 328 Å². The number of benzene rings is 9. The van der Waals surface area contributed by atoms with Gasteiger partial charge in [0.25, 0.3) is 0 Å². The molecule has 0 aliphatic carbocycles. The van der Waals surface area contributed by atoms with Gasteiger partial charge in [-0.15, -0.1) is 11.3 Å². The second-order valence-corrected chi connectivity index (χ2v) is 15.2. The van der Waals surface area contributed by atoms with Crippen molar-refractivity contribution < 1.29 is 4.42 Å². The average molecular weight is 735 g/mol. The van der Waals surface area contributed by atoms with Crippen LogP contribution in [0, 0.1) is 0 Å². The van der Waals surface area contributed by atoms with E-state index in [2.05, 4.69) is 204 Å². The molecule has 0 atom stereocenters. The largest absolute Gasteiger partial charge is 0.456 e. The van der Waals surface area contributed by atoms with E-state index in [1.165, 1.54) is 42.1 Å². The summed E-state index contributed by atoms with van der Waals surface area (Å²) in [6, 6.07) is 73.8. The van der Waals surface area contributed by atoms with Crippen LogP contribution in [0.15, 0.2) is 211 Å². The van der Waals surface area contributed by atoms with Gasteiger partial charge in [0.1, 0.15) is 11.2 Å². The van der Waals surface area contributed by atoms with Crippen LogP contribution in [0.5, 0.6) is 0 Å². The molecule has 0 fully saturated rings. The number of para-hydroxylation sites is 3. The summed E-state index contributed by atoms with van der Waals surface area (Å²) in [5, 5.41) is 7.19. The Balaban J connectivity index is 1.11. The van der Waals surface area contributed by atoms with Gasteiger partial charge in [0.2, 0.25) is 0 Å². The monoisotopic (exact) mass is 734 g/mol. The van der Waals surface area contributed by atoms with Crippen molar-refractivity contribution in [2.75, 3.05) is 9.80 Å². The Hall–Kier alpha value is -7.14. The molecule has 2 aromatic heterocycles. The van der Waals surface area contributed by atoms with E-state index >= 15 is 0 Å². The Kier molecular flexibility index (Phi) is 7.68. The first-order valence-corrected chi connectivity index (χ1v) is 19.7. The first-order chi connectivity index (χ1) is 27.8. The van der Waals surface area contributed by atoms with Crippen LogP contribution in [0.2, 0.25) is 0 Å². The average Bonchev–Trinajstić information content (AvgIpc) is 3.84. The maximum absolute atomic E-state index is 6.46. The van der Waals surface area contributed by atoms with Crippen LogP contribution in [0.25, 0.3) is 64.0 Å². The second kappa shape index (κ2) is 13.3. The molecule has 56 heavy (non-hydrogen) atoms. The third-order valence-corrected chi connectivity index (χ3v) is 12.1. The number of thiophene rings is 1. The molecule has 0 spiro atoms. The minimum absolute atomic E-state index is 0.869. The Morgan fingerprint density at radius 1 is 0.321 bits per heavy atom. The molecule has 11 rings (SSSR count). The van der Waals surface area contributed by atoms with E-state index in [0.717, 1.165) is 56.1 Å². The van der Waals surface area contributed by atoms with Crippen LogP contribution in [0.4, 0.5) is 34.1 Å². The molecule has 4 heteroatoms. The van der Waals surface area contributed by atoms with E-state index in [4.69, 9.17) is 4.42 Å². The zero-order valence-corrected chi connectivity index (χ0v) is 31.2. The van der Waals surface area contributed by atoms with E-state index in [0.29, 0.717) is 0 Å². The third-order valence-electron chi connectivity index (χ3n) is 10.8. The lowest BCUT2D eigenvalue weighted by atomic mass is 10.0. The van der Waals surface area contributed by atoms with Gasteiger partial charge < -0.3 is 14.2 Å². The number of nitrogens with zero attached hydrogens (tertiary/aromatic N) is 2. The van der Waals surface area contributed by atoms with Gasteiger partial charge in [-0.2, -0.15) is 0 Å². The number of fused-ring (bicyclic) bond motifs is 7. The number of hydrogen-bond donors (Lipinski definition) is 0. The molecular weight excluding hydrogens is 701 g/mol. The maximum Gasteiger partial charge on any atom is 0.137 e. The highest BCUT2D eigenvalue weighted by Crippen LogP contribution is 2.49. The lowest BCUT2D eigenvalue weighted by molar-refractivity contribution is 0.669. The van der Waals surface area contributed by atoms with E-state index in [1.807, 2.05) is 23.5 Å². The first kappa shape index (κ1) is 32.3. The van der Waals surface area contributed by atoms with Crippen molar-refractivity contribution in [3.05, 3.63) is 206 Å². The summed E-state index contributed by atoms with van der Waals surface area (Å²) >= 11 is 1.85. The lowest BCUT2D eigenvalue weighted by Crippen LogP contribution is -2.10. The highest BCUT2D eigenvalue weighted by Gasteiger charge is 2.22. The van der Waals surface area contributed by atoms with Crippen molar-refractivity contribution >= 4 is 98.3 Å². The molecule has 0 aliphatic heterocycles. The van der Waals surface area contributed by atoms with Gasteiger partial charge in [-0.05, 0) is 94.7 Å². The molecule has 2 heterocycles. The molecule has 11 aromatic rings. The number of rotatable bonds is 7. The van der Waals surface area contributed by atoms with Gasteiger partial charge in [0, 0.05) is 50.4 Å². The minimum atomic E-state index is 0.869. The molecule has 3 nitrogen and oxygen atoms in total. The molecule has 0 amide bonds. The van der Waals surface area contributed by atoms with Crippen molar-refractivity contribution in [1.29, 1.82) is 0 Å². The van der Waals surface area contributed by atoms with Gasteiger partial charge in [0.15, 0.2) is 0 Å². The van der Waals surface area contributed by atoms with Gasteiger partial charge >= 0.3 is 0 Å². The first-order valence-electron chi connectivity index (χ1n) is 18.9. The van der Waals surface area contributed by atoms with Gasteiger partial charge in [-0.1, -0.05) is 127 Å². The summed E-state index contributed by atoms with van der Waals surface area (Å²) in [5.74, 6) is 0. The van der Waals surface area contributed by atoms with Crippen molar-refractivity contribution in [3.8, 4) is 11.1 Å². The standard InChI is InChI=1S/C52H34N2OS/c1-3-15-39(16-4-1)53(40-17-5-2-6-18-40)47-22-11-20-45-46-21-12-23-48(52(46)56-51(45)47)54(42-31-32-44-43-19-9-10-24-49(43)55-50(44)34-42)41-29-27-36(28-30-41)38-26-25-35-13-7-8-14-37(35)33-38/h1-34H. The second-order valence-electron chi connectivity index (χ2n) is 14.1. The molecule has 0 N–H and O–H groups in total. The highest BCUT2D eigenvalue weighted by atomic mass is 32.1. The summed E-state index contributed by atoms with van der Waals surface area (Å²) in [6.45, 7) is 0. The molecule has 0 saturated carbocycles. The van der Waals surface area contributed by atoms with E-state index in [-0.39, 0.29) is 0 Å². The number of furan rings is 1. The maximum atomic E-state index is 6.46. The lowest BCUT2D eigenvalue weighted by Gasteiger charge is -2.26. The highest BCUT2D eigenvalue weighted by molar-refractivity contribution is 7.27. The Bertz CT molecular complexity index is 3160. The fraction of sp³-hybridized carbons (Fsp3) is 0. The van der Waals surface area contributed by atoms with Crippen molar-refractivity contribution in [3.63, 3.8) is 0 Å². The van der Waals surface area contributed by atoms with Crippen molar-refractivity contribution in [2.24, 2.45) is 0 Å². The topological polar surface area (TPSA) is 19.6 Å². The SMILES string of the molecule is c1ccc(N(c2ccccc2)c2cccc3c2sc2c(N(c4ccc(-c5ccc6ccccc6c5)cc4)c4ccc5c(c4)oc4ccccc45)cccc23)cc1. The summed E-state index contributed by atoms with van der Waals surface area (Å²) in [5.41, 5.74) is 10.8. The zero-order chi connectivity index (χ0) is 37.0. The summed E-state index contributed by atoms with van der Waals surface area (Å²) in [7, 11) is 0. The number of hydrogen-bond acceptors (Lipinski definition) is 4. The fourth-order valence-electron chi connectivity index (χ4n) is 8.18. The molecular formula is C52H34N2OS. The molecule has 0 unspecified atom stereocenters.